The minimum absolute atomic E-state index is 0.00488. The Morgan fingerprint density at radius 2 is 1.70 bits per heavy atom. The lowest BCUT2D eigenvalue weighted by molar-refractivity contribution is 0.101. The largest absolute Gasteiger partial charge is 0.340 e. The fourth-order valence-electron chi connectivity index (χ4n) is 2.39. The second kappa shape index (κ2) is 7.97. The molecule has 0 aliphatic rings. The normalized spacial score (nSPS) is 10.3. The number of pyridine rings is 1. The van der Waals surface area contributed by atoms with Gasteiger partial charge in [-0.05, 0) is 55.5 Å². The third-order valence-electron chi connectivity index (χ3n) is 3.78. The molecule has 0 spiro atoms. The number of amides is 1. The molecule has 136 valence electrons. The van der Waals surface area contributed by atoms with Crippen molar-refractivity contribution in [2.24, 2.45) is 0 Å². The van der Waals surface area contributed by atoms with E-state index in [0.29, 0.717) is 17.1 Å². The average molecular weight is 384 g/mol. The van der Waals surface area contributed by atoms with Gasteiger partial charge in [0.1, 0.15) is 11.6 Å². The van der Waals surface area contributed by atoms with Gasteiger partial charge in [-0.2, -0.15) is 0 Å². The van der Waals surface area contributed by atoms with Crippen LogP contribution in [0.4, 0.5) is 21.6 Å². The number of ketones is 1. The van der Waals surface area contributed by atoms with Gasteiger partial charge in [0, 0.05) is 11.3 Å². The molecule has 0 fully saturated rings. The van der Waals surface area contributed by atoms with Crippen LogP contribution in [-0.4, -0.2) is 16.7 Å². The van der Waals surface area contributed by atoms with Gasteiger partial charge in [0.15, 0.2) is 5.78 Å². The number of aromatic nitrogens is 1. The standard InChI is InChI=1S/C20H15ClFN3O2/c1-12(26)13-5-7-14(8-6-13)24-18-10-9-15(11-23-18)25-20(27)19-16(21)3-2-4-17(19)22/h2-11H,1H3,(H,23,24)(H,25,27). The Hall–Kier alpha value is -3.25. The summed E-state index contributed by atoms with van der Waals surface area (Å²) in [7, 11) is 0. The molecule has 0 saturated heterocycles. The average Bonchev–Trinajstić information content (AvgIpc) is 2.63. The number of rotatable bonds is 5. The van der Waals surface area contributed by atoms with Gasteiger partial charge in [0.05, 0.1) is 22.5 Å². The van der Waals surface area contributed by atoms with Gasteiger partial charge in [0.25, 0.3) is 5.91 Å². The molecule has 1 amide bonds. The summed E-state index contributed by atoms with van der Waals surface area (Å²) >= 11 is 5.89. The molecule has 1 aromatic heterocycles. The number of hydrogen-bond donors (Lipinski definition) is 2. The van der Waals surface area contributed by atoms with Crippen molar-refractivity contribution in [3.63, 3.8) is 0 Å². The van der Waals surface area contributed by atoms with Crippen LogP contribution in [0.5, 0.6) is 0 Å². The Balaban J connectivity index is 1.68. The number of anilines is 3. The minimum atomic E-state index is -0.694. The Morgan fingerprint density at radius 3 is 2.30 bits per heavy atom. The quantitative estimate of drug-likeness (QED) is 0.603. The summed E-state index contributed by atoms with van der Waals surface area (Å²) < 4.78 is 13.8. The first-order valence-electron chi connectivity index (χ1n) is 8.03. The lowest BCUT2D eigenvalue weighted by Gasteiger charge is -2.09. The molecule has 5 nitrogen and oxygen atoms in total. The van der Waals surface area contributed by atoms with Crippen LogP contribution in [0.1, 0.15) is 27.6 Å². The van der Waals surface area contributed by atoms with E-state index >= 15 is 0 Å². The SMILES string of the molecule is CC(=O)c1ccc(Nc2ccc(NC(=O)c3c(F)cccc3Cl)cn2)cc1. The maximum Gasteiger partial charge on any atom is 0.260 e. The van der Waals surface area contributed by atoms with Crippen molar-refractivity contribution < 1.29 is 14.0 Å². The summed E-state index contributed by atoms with van der Waals surface area (Å²) in [5.41, 5.74) is 1.57. The van der Waals surface area contributed by atoms with Gasteiger partial charge in [-0.1, -0.05) is 17.7 Å². The van der Waals surface area contributed by atoms with Crippen molar-refractivity contribution in [3.8, 4) is 0 Å². The van der Waals surface area contributed by atoms with Crippen LogP contribution in [0.2, 0.25) is 5.02 Å². The molecule has 0 aliphatic carbocycles. The molecule has 1 heterocycles. The zero-order valence-electron chi connectivity index (χ0n) is 14.3. The van der Waals surface area contributed by atoms with Crippen molar-refractivity contribution in [1.29, 1.82) is 0 Å². The summed E-state index contributed by atoms with van der Waals surface area (Å²) in [5.74, 6) is -0.803. The Kier molecular flexibility index (Phi) is 5.47. The van der Waals surface area contributed by atoms with Crippen LogP contribution < -0.4 is 10.6 Å². The van der Waals surface area contributed by atoms with E-state index in [1.165, 1.54) is 31.3 Å². The molecule has 0 unspecified atom stereocenters. The number of nitrogens with one attached hydrogen (secondary N) is 2. The molecule has 2 N–H and O–H groups in total. The minimum Gasteiger partial charge on any atom is -0.340 e. The highest BCUT2D eigenvalue weighted by Gasteiger charge is 2.15. The predicted octanol–water partition coefficient (Wildman–Crippen LogP) is 5.07. The first kappa shape index (κ1) is 18.5. The number of halogens is 2. The maximum atomic E-state index is 13.8. The molecule has 0 atom stereocenters. The van der Waals surface area contributed by atoms with Crippen LogP contribution in [-0.2, 0) is 0 Å². The van der Waals surface area contributed by atoms with E-state index in [-0.39, 0.29) is 16.4 Å². The molecule has 7 heteroatoms. The van der Waals surface area contributed by atoms with Crippen molar-refractivity contribution in [3.05, 3.63) is 82.8 Å². The maximum absolute atomic E-state index is 13.8. The monoisotopic (exact) mass is 383 g/mol. The number of benzene rings is 2. The van der Waals surface area contributed by atoms with Crippen LogP contribution in [0.15, 0.2) is 60.8 Å². The predicted molar refractivity (Wildman–Crippen MR) is 103 cm³/mol. The highest BCUT2D eigenvalue weighted by molar-refractivity contribution is 6.34. The third-order valence-corrected chi connectivity index (χ3v) is 4.09. The van der Waals surface area contributed by atoms with Crippen LogP contribution in [0.3, 0.4) is 0 Å². The molecule has 0 saturated carbocycles. The Bertz CT molecular complexity index is 969. The highest BCUT2D eigenvalue weighted by Crippen LogP contribution is 2.21. The number of Topliss-reactive ketones (excluding diaryl/α,β-unsaturated/α-hetero) is 1. The zero-order valence-corrected chi connectivity index (χ0v) is 15.0. The number of carbonyl (C=O) groups is 2. The van der Waals surface area contributed by atoms with Crippen LogP contribution >= 0.6 is 11.6 Å². The van der Waals surface area contributed by atoms with Crippen molar-refractivity contribution in [2.75, 3.05) is 10.6 Å². The second-order valence-electron chi connectivity index (χ2n) is 5.74. The Labute approximate surface area is 160 Å². The van der Waals surface area contributed by atoms with E-state index in [1.807, 2.05) is 0 Å². The molecular weight excluding hydrogens is 369 g/mol. The van der Waals surface area contributed by atoms with E-state index in [0.717, 1.165) is 5.69 Å². The van der Waals surface area contributed by atoms with E-state index in [1.54, 1.807) is 36.4 Å². The van der Waals surface area contributed by atoms with Crippen LogP contribution in [0.25, 0.3) is 0 Å². The molecule has 27 heavy (non-hydrogen) atoms. The van der Waals surface area contributed by atoms with Gasteiger partial charge < -0.3 is 10.6 Å². The summed E-state index contributed by atoms with van der Waals surface area (Å²) in [6.07, 6.45) is 1.44. The third kappa shape index (κ3) is 4.48. The topological polar surface area (TPSA) is 71.1 Å². The fourth-order valence-corrected chi connectivity index (χ4v) is 2.64. The molecular formula is C20H15ClFN3O2. The zero-order chi connectivity index (χ0) is 19.4. The summed E-state index contributed by atoms with van der Waals surface area (Å²) in [4.78, 5) is 27.7. The Morgan fingerprint density at radius 1 is 1.00 bits per heavy atom. The van der Waals surface area contributed by atoms with Crippen molar-refractivity contribution in [2.45, 2.75) is 6.92 Å². The van der Waals surface area contributed by atoms with E-state index < -0.39 is 11.7 Å². The van der Waals surface area contributed by atoms with Gasteiger partial charge in [-0.15, -0.1) is 0 Å². The van der Waals surface area contributed by atoms with E-state index in [9.17, 15) is 14.0 Å². The molecule has 2 aromatic carbocycles. The van der Waals surface area contributed by atoms with Gasteiger partial charge in [-0.3, -0.25) is 9.59 Å². The summed E-state index contributed by atoms with van der Waals surface area (Å²) in [6.45, 7) is 1.51. The molecule has 0 bridgehead atoms. The number of carbonyl (C=O) groups excluding carboxylic acids is 2. The van der Waals surface area contributed by atoms with Crippen molar-refractivity contribution in [1.82, 2.24) is 4.98 Å². The fraction of sp³-hybridized carbons (Fsp3) is 0.0500. The van der Waals surface area contributed by atoms with E-state index in [4.69, 9.17) is 11.6 Å². The van der Waals surface area contributed by atoms with Gasteiger partial charge in [-0.25, -0.2) is 9.37 Å². The smallest absolute Gasteiger partial charge is 0.260 e. The first-order chi connectivity index (χ1) is 12.9. The highest BCUT2D eigenvalue weighted by atomic mass is 35.5. The molecule has 0 radical (unpaired) electrons. The summed E-state index contributed by atoms with van der Waals surface area (Å²) in [5, 5.41) is 5.68. The first-order valence-corrected chi connectivity index (χ1v) is 8.41. The second-order valence-corrected chi connectivity index (χ2v) is 6.15. The van der Waals surface area contributed by atoms with Crippen LogP contribution in [0, 0.1) is 5.82 Å². The molecule has 3 rings (SSSR count). The lowest BCUT2D eigenvalue weighted by Crippen LogP contribution is -2.14. The molecule has 0 aliphatic heterocycles. The number of hydrogen-bond acceptors (Lipinski definition) is 4. The summed E-state index contributed by atoms with van der Waals surface area (Å²) in [6, 6.07) is 14.3. The molecule has 3 aromatic rings. The lowest BCUT2D eigenvalue weighted by atomic mass is 10.1. The van der Waals surface area contributed by atoms with E-state index in [2.05, 4.69) is 15.6 Å². The number of nitrogens with zero attached hydrogens (tertiary/aromatic N) is 1. The van der Waals surface area contributed by atoms with Crippen molar-refractivity contribution >= 4 is 40.5 Å². The van der Waals surface area contributed by atoms with Gasteiger partial charge in [0.2, 0.25) is 0 Å². The van der Waals surface area contributed by atoms with Gasteiger partial charge >= 0.3 is 0 Å².